The predicted molar refractivity (Wildman–Crippen MR) is 78.1 cm³/mol. The Hall–Kier alpha value is -2.14. The van der Waals surface area contributed by atoms with Crippen LogP contribution in [0.1, 0.15) is 5.56 Å². The smallest absolute Gasteiger partial charge is 0.310 e. The fourth-order valence-corrected chi connectivity index (χ4v) is 3.96. The third-order valence-electron chi connectivity index (χ3n) is 4.98. The fourth-order valence-electron chi connectivity index (χ4n) is 3.96. The van der Waals surface area contributed by atoms with E-state index in [-0.39, 0.29) is 5.91 Å². The van der Waals surface area contributed by atoms with Crippen LogP contribution in [0.4, 0.5) is 0 Å². The van der Waals surface area contributed by atoms with Gasteiger partial charge in [0.15, 0.2) is 0 Å². The first-order chi connectivity index (χ1) is 10.6. The SMILES string of the molecule is O=C(O)[C@H]1[C@H]2C=CC3(CN(CCc4ccccc4)C(=O)[C@@H]13)O2. The minimum absolute atomic E-state index is 0.0878. The topological polar surface area (TPSA) is 66.8 Å². The maximum absolute atomic E-state index is 12.7. The maximum atomic E-state index is 12.7. The van der Waals surface area contributed by atoms with Gasteiger partial charge in [0.05, 0.1) is 18.6 Å². The van der Waals surface area contributed by atoms with Gasteiger partial charge in [-0.05, 0) is 12.0 Å². The van der Waals surface area contributed by atoms with E-state index in [1.807, 2.05) is 36.4 Å². The quantitative estimate of drug-likeness (QED) is 0.845. The molecule has 114 valence electrons. The summed E-state index contributed by atoms with van der Waals surface area (Å²) < 4.78 is 5.86. The second-order valence-electron chi connectivity index (χ2n) is 6.23. The average molecular weight is 299 g/mol. The largest absolute Gasteiger partial charge is 0.481 e. The molecule has 22 heavy (non-hydrogen) atoms. The van der Waals surface area contributed by atoms with Crippen molar-refractivity contribution in [2.24, 2.45) is 11.8 Å². The summed E-state index contributed by atoms with van der Waals surface area (Å²) in [5, 5.41) is 9.41. The van der Waals surface area contributed by atoms with Gasteiger partial charge in [-0.1, -0.05) is 42.5 Å². The summed E-state index contributed by atoms with van der Waals surface area (Å²) in [4.78, 5) is 25.9. The van der Waals surface area contributed by atoms with E-state index in [0.717, 1.165) is 6.42 Å². The number of benzene rings is 1. The summed E-state index contributed by atoms with van der Waals surface area (Å²) in [5.41, 5.74) is 0.446. The summed E-state index contributed by atoms with van der Waals surface area (Å²) in [7, 11) is 0. The van der Waals surface area contributed by atoms with Crippen LogP contribution in [0.2, 0.25) is 0 Å². The van der Waals surface area contributed by atoms with E-state index < -0.39 is 29.5 Å². The van der Waals surface area contributed by atoms with E-state index in [0.29, 0.717) is 13.1 Å². The van der Waals surface area contributed by atoms with Gasteiger partial charge in [0, 0.05) is 6.54 Å². The predicted octanol–water partition coefficient (Wildman–Crippen LogP) is 1.10. The van der Waals surface area contributed by atoms with Gasteiger partial charge < -0.3 is 14.7 Å². The number of nitrogens with zero attached hydrogens (tertiary/aromatic N) is 1. The zero-order chi connectivity index (χ0) is 15.3. The number of carbonyl (C=O) groups is 2. The second-order valence-corrected chi connectivity index (χ2v) is 6.23. The van der Waals surface area contributed by atoms with E-state index in [1.165, 1.54) is 5.56 Å². The van der Waals surface area contributed by atoms with Gasteiger partial charge in [0.1, 0.15) is 11.5 Å². The molecule has 1 aromatic carbocycles. The van der Waals surface area contributed by atoms with Crippen molar-refractivity contribution in [3.05, 3.63) is 48.0 Å². The summed E-state index contributed by atoms with van der Waals surface area (Å²) >= 11 is 0. The Morgan fingerprint density at radius 2 is 2.14 bits per heavy atom. The molecule has 2 saturated heterocycles. The first-order valence-electron chi connectivity index (χ1n) is 7.53. The fraction of sp³-hybridized carbons (Fsp3) is 0.412. The van der Waals surface area contributed by atoms with E-state index in [4.69, 9.17) is 4.74 Å². The molecule has 4 rings (SSSR count). The van der Waals surface area contributed by atoms with Crippen molar-refractivity contribution >= 4 is 11.9 Å². The van der Waals surface area contributed by atoms with Crippen LogP contribution in [-0.2, 0) is 20.7 Å². The third-order valence-corrected chi connectivity index (χ3v) is 4.98. The number of ether oxygens (including phenoxy) is 1. The van der Waals surface area contributed by atoms with Crippen LogP contribution in [0, 0.1) is 11.8 Å². The number of fused-ring (bicyclic) bond motifs is 1. The van der Waals surface area contributed by atoms with Crippen LogP contribution >= 0.6 is 0 Å². The highest BCUT2D eigenvalue weighted by molar-refractivity contribution is 5.90. The minimum atomic E-state index is -0.945. The highest BCUT2D eigenvalue weighted by Crippen LogP contribution is 2.51. The number of hydrogen-bond donors (Lipinski definition) is 1. The van der Waals surface area contributed by atoms with Crippen LogP contribution < -0.4 is 0 Å². The molecule has 0 saturated carbocycles. The molecule has 5 heteroatoms. The van der Waals surface area contributed by atoms with Crippen LogP contribution in [0.5, 0.6) is 0 Å². The monoisotopic (exact) mass is 299 g/mol. The molecule has 1 spiro atoms. The number of carbonyl (C=O) groups excluding carboxylic acids is 1. The molecule has 1 aromatic rings. The third kappa shape index (κ3) is 1.82. The lowest BCUT2D eigenvalue weighted by atomic mass is 9.77. The Morgan fingerprint density at radius 3 is 2.86 bits per heavy atom. The van der Waals surface area contributed by atoms with Crippen molar-refractivity contribution in [3.8, 4) is 0 Å². The summed E-state index contributed by atoms with van der Waals surface area (Å²) in [5.74, 6) is -2.36. The number of amides is 1. The number of carboxylic acids is 1. The van der Waals surface area contributed by atoms with Gasteiger partial charge in [-0.2, -0.15) is 0 Å². The molecule has 3 aliphatic rings. The lowest BCUT2D eigenvalue weighted by molar-refractivity contribution is -0.148. The summed E-state index contributed by atoms with van der Waals surface area (Å²) in [6.07, 6.45) is 3.99. The zero-order valence-electron chi connectivity index (χ0n) is 12.0. The van der Waals surface area contributed by atoms with Crippen LogP contribution in [-0.4, -0.2) is 46.7 Å². The Labute approximate surface area is 128 Å². The van der Waals surface area contributed by atoms with E-state index in [2.05, 4.69) is 0 Å². The van der Waals surface area contributed by atoms with Gasteiger partial charge in [-0.25, -0.2) is 0 Å². The first-order valence-corrected chi connectivity index (χ1v) is 7.53. The number of aliphatic carboxylic acids is 1. The van der Waals surface area contributed by atoms with E-state index >= 15 is 0 Å². The van der Waals surface area contributed by atoms with Crippen LogP contribution in [0.15, 0.2) is 42.5 Å². The Kier molecular flexibility index (Phi) is 2.87. The maximum Gasteiger partial charge on any atom is 0.310 e. The number of hydrogen-bond acceptors (Lipinski definition) is 3. The van der Waals surface area contributed by atoms with Crippen molar-refractivity contribution in [1.82, 2.24) is 4.90 Å². The molecular formula is C17H17NO4. The standard InChI is InChI=1S/C17H17NO4/c19-15-14-13(16(20)21)12-6-8-17(14,22-12)10-18(15)9-7-11-4-2-1-3-5-11/h1-6,8,12-14H,7,9-10H2,(H,20,21)/t12-,13+,14-,17?/m1/s1. The van der Waals surface area contributed by atoms with Gasteiger partial charge in [-0.3, -0.25) is 9.59 Å². The molecule has 3 heterocycles. The molecule has 4 atom stereocenters. The summed E-state index contributed by atoms with van der Waals surface area (Å²) in [6.45, 7) is 1.05. The molecule has 2 bridgehead atoms. The summed E-state index contributed by atoms with van der Waals surface area (Å²) in [6, 6.07) is 9.97. The van der Waals surface area contributed by atoms with Gasteiger partial charge in [0.2, 0.25) is 5.91 Å². The number of likely N-dealkylation sites (tertiary alicyclic amines) is 1. The molecule has 3 aliphatic heterocycles. The molecule has 1 amide bonds. The Balaban J connectivity index is 1.53. The van der Waals surface area contributed by atoms with Crippen molar-refractivity contribution in [1.29, 1.82) is 0 Å². The van der Waals surface area contributed by atoms with E-state index in [9.17, 15) is 14.7 Å². The normalized spacial score (nSPS) is 35.2. The number of rotatable bonds is 4. The lowest BCUT2D eigenvalue weighted by Crippen LogP contribution is -2.39. The zero-order valence-corrected chi connectivity index (χ0v) is 12.0. The molecule has 1 N–H and O–H groups in total. The molecule has 0 aromatic heterocycles. The molecular weight excluding hydrogens is 282 g/mol. The minimum Gasteiger partial charge on any atom is -0.481 e. The molecule has 0 radical (unpaired) electrons. The molecule has 1 unspecified atom stereocenters. The average Bonchev–Trinajstić information content (AvgIpc) is 3.14. The van der Waals surface area contributed by atoms with Crippen molar-refractivity contribution in [2.45, 2.75) is 18.1 Å². The lowest BCUT2D eigenvalue weighted by Gasteiger charge is -2.21. The molecule has 0 aliphatic carbocycles. The van der Waals surface area contributed by atoms with Crippen molar-refractivity contribution in [2.75, 3.05) is 13.1 Å². The Morgan fingerprint density at radius 1 is 1.36 bits per heavy atom. The molecule has 5 nitrogen and oxygen atoms in total. The van der Waals surface area contributed by atoms with Gasteiger partial charge in [0.25, 0.3) is 0 Å². The van der Waals surface area contributed by atoms with Crippen molar-refractivity contribution in [3.63, 3.8) is 0 Å². The highest BCUT2D eigenvalue weighted by Gasteiger charge is 2.66. The van der Waals surface area contributed by atoms with Gasteiger partial charge >= 0.3 is 5.97 Å². The van der Waals surface area contributed by atoms with Crippen LogP contribution in [0.25, 0.3) is 0 Å². The highest BCUT2D eigenvalue weighted by atomic mass is 16.5. The van der Waals surface area contributed by atoms with Gasteiger partial charge in [-0.15, -0.1) is 0 Å². The van der Waals surface area contributed by atoms with Crippen molar-refractivity contribution < 1.29 is 19.4 Å². The Bertz CT molecular complexity index is 656. The van der Waals surface area contributed by atoms with Crippen LogP contribution in [0.3, 0.4) is 0 Å². The first kappa shape index (κ1) is 13.5. The second kappa shape index (κ2) is 4.68. The molecule has 2 fully saturated rings. The number of carboxylic acid groups (broad SMARTS) is 1. The van der Waals surface area contributed by atoms with E-state index in [1.54, 1.807) is 11.0 Å².